The van der Waals surface area contributed by atoms with E-state index in [0.29, 0.717) is 6.10 Å². The minimum absolute atomic E-state index is 0.574. The van der Waals surface area contributed by atoms with Crippen molar-refractivity contribution in [1.82, 2.24) is 0 Å². The highest BCUT2D eigenvalue weighted by Gasteiger charge is 2.30. The minimum Gasteiger partial charge on any atom is -0.379 e. The van der Waals surface area contributed by atoms with Gasteiger partial charge in [-0.15, -0.1) is 6.58 Å². The van der Waals surface area contributed by atoms with Crippen LogP contribution in [0.15, 0.2) is 12.7 Å². The van der Waals surface area contributed by atoms with Crippen LogP contribution in [0.1, 0.15) is 71.1 Å². The van der Waals surface area contributed by atoms with Crippen LogP contribution in [0.25, 0.3) is 0 Å². The number of hydrogen-bond acceptors (Lipinski definition) is 1. The van der Waals surface area contributed by atoms with E-state index >= 15 is 0 Å². The second-order valence-corrected chi connectivity index (χ2v) is 6.64. The van der Waals surface area contributed by atoms with Gasteiger partial charge in [-0.25, -0.2) is 0 Å². The van der Waals surface area contributed by atoms with E-state index in [4.69, 9.17) is 4.74 Å². The zero-order valence-corrected chi connectivity index (χ0v) is 12.8. The van der Waals surface area contributed by atoms with Gasteiger partial charge in [-0.1, -0.05) is 18.9 Å². The van der Waals surface area contributed by atoms with Crippen LogP contribution in [0.4, 0.5) is 0 Å². The van der Waals surface area contributed by atoms with E-state index in [-0.39, 0.29) is 0 Å². The Morgan fingerprint density at radius 1 is 0.947 bits per heavy atom. The van der Waals surface area contributed by atoms with Crippen LogP contribution in [0.5, 0.6) is 0 Å². The Hall–Kier alpha value is -0.300. The fourth-order valence-corrected chi connectivity index (χ4v) is 4.26. The molecule has 0 atom stereocenters. The summed E-state index contributed by atoms with van der Waals surface area (Å²) in [5, 5.41) is 0. The van der Waals surface area contributed by atoms with Gasteiger partial charge in [0.15, 0.2) is 0 Å². The summed E-state index contributed by atoms with van der Waals surface area (Å²) in [5.74, 6) is 3.04. The van der Waals surface area contributed by atoms with Crippen molar-refractivity contribution < 1.29 is 4.74 Å². The molecule has 0 aromatic rings. The topological polar surface area (TPSA) is 9.23 Å². The van der Waals surface area contributed by atoms with Crippen molar-refractivity contribution in [2.24, 2.45) is 17.8 Å². The van der Waals surface area contributed by atoms with Crippen molar-refractivity contribution in [2.45, 2.75) is 77.2 Å². The zero-order valence-electron chi connectivity index (χ0n) is 12.8. The van der Waals surface area contributed by atoms with Crippen LogP contribution in [0, 0.1) is 17.8 Å². The third kappa shape index (κ3) is 4.63. The Bertz CT molecular complexity index is 244. The fourth-order valence-electron chi connectivity index (χ4n) is 4.26. The van der Waals surface area contributed by atoms with E-state index in [9.17, 15) is 0 Å². The lowest BCUT2D eigenvalue weighted by atomic mass is 9.70. The van der Waals surface area contributed by atoms with Crippen LogP contribution in [0.3, 0.4) is 0 Å². The summed E-state index contributed by atoms with van der Waals surface area (Å²) in [6, 6.07) is 0. The van der Waals surface area contributed by atoms with Crippen molar-refractivity contribution in [3.63, 3.8) is 0 Å². The van der Waals surface area contributed by atoms with E-state index in [1.165, 1.54) is 64.2 Å². The first-order chi connectivity index (χ1) is 9.33. The molecule has 2 fully saturated rings. The van der Waals surface area contributed by atoms with Crippen molar-refractivity contribution in [3.05, 3.63) is 12.7 Å². The molecule has 2 aliphatic carbocycles. The van der Waals surface area contributed by atoms with Gasteiger partial charge in [0.25, 0.3) is 0 Å². The molecule has 1 nitrogen and oxygen atoms in total. The molecule has 0 radical (unpaired) electrons. The molecule has 0 bridgehead atoms. The van der Waals surface area contributed by atoms with Crippen molar-refractivity contribution in [1.29, 1.82) is 0 Å². The predicted octanol–water partition coefficient (Wildman–Crippen LogP) is 5.35. The van der Waals surface area contributed by atoms with E-state index in [1.807, 2.05) is 0 Å². The van der Waals surface area contributed by atoms with Crippen LogP contribution in [0.2, 0.25) is 0 Å². The summed E-state index contributed by atoms with van der Waals surface area (Å²) in [6.45, 7) is 6.86. The van der Waals surface area contributed by atoms with Gasteiger partial charge in [-0.05, 0) is 76.0 Å². The van der Waals surface area contributed by atoms with Crippen LogP contribution in [-0.2, 0) is 4.74 Å². The maximum atomic E-state index is 5.77. The van der Waals surface area contributed by atoms with Crippen LogP contribution >= 0.6 is 0 Å². The van der Waals surface area contributed by atoms with Crippen molar-refractivity contribution >= 4 is 0 Å². The standard InChI is InChI=1S/C18H32O/c1-3-5-6-15-7-9-16(10-8-15)17-11-13-18(14-12-17)19-4-2/h3,15-18H,1,4-14H2,2H3. The lowest BCUT2D eigenvalue weighted by Crippen LogP contribution is -2.28. The van der Waals surface area contributed by atoms with Gasteiger partial charge in [0.05, 0.1) is 6.10 Å². The van der Waals surface area contributed by atoms with E-state index < -0.39 is 0 Å². The summed E-state index contributed by atoms with van der Waals surface area (Å²) < 4.78 is 5.77. The maximum absolute atomic E-state index is 5.77. The number of rotatable bonds is 6. The monoisotopic (exact) mass is 264 g/mol. The number of allylic oxidation sites excluding steroid dienone is 1. The average Bonchev–Trinajstić information content (AvgIpc) is 2.47. The van der Waals surface area contributed by atoms with E-state index in [1.54, 1.807) is 0 Å². The van der Waals surface area contributed by atoms with Gasteiger partial charge in [-0.2, -0.15) is 0 Å². The highest BCUT2D eigenvalue weighted by molar-refractivity contribution is 4.83. The molecule has 2 aliphatic rings. The smallest absolute Gasteiger partial charge is 0.0575 e. The van der Waals surface area contributed by atoms with Crippen molar-refractivity contribution in [2.75, 3.05) is 6.61 Å². The summed E-state index contributed by atoms with van der Waals surface area (Å²) >= 11 is 0. The molecular weight excluding hydrogens is 232 g/mol. The number of ether oxygens (including phenoxy) is 1. The van der Waals surface area contributed by atoms with Gasteiger partial charge < -0.3 is 4.74 Å². The molecule has 0 aromatic carbocycles. The van der Waals surface area contributed by atoms with Gasteiger partial charge in [0, 0.05) is 6.61 Å². The van der Waals surface area contributed by atoms with Gasteiger partial charge in [0.2, 0.25) is 0 Å². The molecule has 2 rings (SSSR count). The Kier molecular flexibility index (Phi) is 6.43. The Balaban J connectivity index is 1.66. The predicted molar refractivity (Wildman–Crippen MR) is 82.3 cm³/mol. The van der Waals surface area contributed by atoms with E-state index in [2.05, 4.69) is 19.6 Å². The lowest BCUT2D eigenvalue weighted by molar-refractivity contribution is 0.0135. The zero-order chi connectivity index (χ0) is 13.5. The van der Waals surface area contributed by atoms with Gasteiger partial charge >= 0.3 is 0 Å². The van der Waals surface area contributed by atoms with E-state index in [0.717, 1.165) is 24.4 Å². The average molecular weight is 264 g/mol. The highest BCUT2D eigenvalue weighted by Crippen LogP contribution is 2.41. The number of hydrogen-bond donors (Lipinski definition) is 0. The SMILES string of the molecule is C=CCCC1CCC(C2CCC(OCC)CC2)CC1. The molecule has 2 saturated carbocycles. The molecule has 0 heterocycles. The molecule has 0 aliphatic heterocycles. The van der Waals surface area contributed by atoms with Crippen LogP contribution < -0.4 is 0 Å². The lowest BCUT2D eigenvalue weighted by Gasteiger charge is -2.37. The van der Waals surface area contributed by atoms with Gasteiger partial charge in [0.1, 0.15) is 0 Å². The first-order valence-electron chi connectivity index (χ1n) is 8.56. The second kappa shape index (κ2) is 8.09. The molecule has 110 valence electrons. The summed E-state index contributed by atoms with van der Waals surface area (Å²) in [6.07, 6.45) is 16.7. The summed E-state index contributed by atoms with van der Waals surface area (Å²) in [4.78, 5) is 0. The van der Waals surface area contributed by atoms with Gasteiger partial charge in [-0.3, -0.25) is 0 Å². The molecule has 0 amide bonds. The third-order valence-corrected chi connectivity index (χ3v) is 5.46. The maximum Gasteiger partial charge on any atom is 0.0575 e. The molecule has 19 heavy (non-hydrogen) atoms. The Morgan fingerprint density at radius 2 is 1.53 bits per heavy atom. The quantitative estimate of drug-likeness (QED) is 0.587. The molecule has 0 unspecified atom stereocenters. The molecular formula is C18H32O. The Labute approximate surface area is 119 Å². The Morgan fingerprint density at radius 3 is 2.05 bits per heavy atom. The highest BCUT2D eigenvalue weighted by atomic mass is 16.5. The molecule has 0 spiro atoms. The third-order valence-electron chi connectivity index (χ3n) is 5.46. The fraction of sp³-hybridized carbons (Fsp3) is 0.889. The summed E-state index contributed by atoms with van der Waals surface area (Å²) in [5.41, 5.74) is 0. The summed E-state index contributed by atoms with van der Waals surface area (Å²) in [7, 11) is 0. The van der Waals surface area contributed by atoms with Crippen LogP contribution in [-0.4, -0.2) is 12.7 Å². The normalized spacial score (nSPS) is 36.1. The first-order valence-corrected chi connectivity index (χ1v) is 8.56. The molecule has 0 saturated heterocycles. The largest absolute Gasteiger partial charge is 0.379 e. The molecule has 0 aromatic heterocycles. The minimum atomic E-state index is 0.574. The molecule has 1 heteroatoms. The second-order valence-electron chi connectivity index (χ2n) is 6.64. The van der Waals surface area contributed by atoms with Crippen molar-refractivity contribution in [3.8, 4) is 0 Å². The first kappa shape index (κ1) is 15.1. The molecule has 0 N–H and O–H groups in total.